The molecule has 112 valence electrons. The smallest absolute Gasteiger partial charge is 0.0583 e. The molecule has 0 aliphatic carbocycles. The summed E-state index contributed by atoms with van der Waals surface area (Å²) in [5, 5.41) is 3.59. The van der Waals surface area contributed by atoms with Gasteiger partial charge in [-0.1, -0.05) is 37.3 Å². The fraction of sp³-hybridized carbons (Fsp3) is 0.667. The molecule has 1 aromatic rings. The van der Waals surface area contributed by atoms with E-state index in [0.29, 0.717) is 18.1 Å². The minimum absolute atomic E-state index is 0.459. The van der Waals surface area contributed by atoms with Crippen molar-refractivity contribution >= 4 is 0 Å². The van der Waals surface area contributed by atoms with E-state index < -0.39 is 0 Å². The summed E-state index contributed by atoms with van der Waals surface area (Å²) in [5.41, 5.74) is 1.45. The van der Waals surface area contributed by atoms with E-state index in [1.54, 1.807) is 0 Å². The first-order chi connectivity index (χ1) is 9.78. The van der Waals surface area contributed by atoms with E-state index in [-0.39, 0.29) is 0 Å². The highest BCUT2D eigenvalue weighted by Gasteiger charge is 2.24. The molecule has 0 saturated carbocycles. The summed E-state index contributed by atoms with van der Waals surface area (Å²) in [7, 11) is 0. The average molecular weight is 275 g/mol. The van der Waals surface area contributed by atoms with Crippen LogP contribution in [0.4, 0.5) is 0 Å². The van der Waals surface area contributed by atoms with Crippen molar-refractivity contribution in [2.24, 2.45) is 5.92 Å². The summed E-state index contributed by atoms with van der Waals surface area (Å²) in [6.07, 6.45) is 6.95. The molecule has 1 heterocycles. The zero-order valence-electron chi connectivity index (χ0n) is 13.0. The molecule has 0 aromatic heterocycles. The van der Waals surface area contributed by atoms with Crippen molar-refractivity contribution in [1.82, 2.24) is 5.32 Å². The lowest BCUT2D eigenvalue weighted by molar-refractivity contribution is 0.0408. The molecule has 20 heavy (non-hydrogen) atoms. The van der Waals surface area contributed by atoms with E-state index in [9.17, 15) is 0 Å². The van der Waals surface area contributed by atoms with Gasteiger partial charge in [0.05, 0.1) is 12.2 Å². The van der Waals surface area contributed by atoms with Crippen molar-refractivity contribution in [3.8, 4) is 0 Å². The van der Waals surface area contributed by atoms with E-state index in [4.69, 9.17) is 4.74 Å². The van der Waals surface area contributed by atoms with Gasteiger partial charge in [0.1, 0.15) is 0 Å². The molecular formula is C18H29NO. The van der Waals surface area contributed by atoms with Crippen LogP contribution in [0.2, 0.25) is 0 Å². The molecule has 1 saturated heterocycles. The van der Waals surface area contributed by atoms with Crippen LogP contribution >= 0.6 is 0 Å². The van der Waals surface area contributed by atoms with Gasteiger partial charge < -0.3 is 10.1 Å². The first-order valence-corrected chi connectivity index (χ1v) is 8.18. The normalized spacial score (nSPS) is 23.9. The number of ether oxygens (including phenoxy) is 1. The Labute approximate surface area is 123 Å². The SMILES string of the molecule is CCCNCC(Cc1ccccc1)CC1CCC(C)O1. The van der Waals surface area contributed by atoms with Crippen LogP contribution in [-0.4, -0.2) is 25.3 Å². The minimum atomic E-state index is 0.459. The Balaban J connectivity index is 1.86. The number of nitrogens with one attached hydrogen (secondary N) is 1. The molecular weight excluding hydrogens is 246 g/mol. The predicted octanol–water partition coefficient (Wildman–Crippen LogP) is 3.80. The lowest BCUT2D eigenvalue weighted by atomic mass is 9.92. The third kappa shape index (κ3) is 5.26. The molecule has 1 N–H and O–H groups in total. The van der Waals surface area contributed by atoms with Gasteiger partial charge >= 0.3 is 0 Å². The standard InChI is InChI=1S/C18H29NO/c1-3-11-19-14-17(12-16-7-5-4-6-8-16)13-18-10-9-15(2)20-18/h4-8,15,17-19H,3,9-14H2,1-2H3. The second-order valence-corrected chi connectivity index (χ2v) is 6.14. The summed E-state index contributed by atoms with van der Waals surface area (Å²) in [6.45, 7) is 6.65. The van der Waals surface area contributed by atoms with Crippen LogP contribution in [0.25, 0.3) is 0 Å². The van der Waals surface area contributed by atoms with Crippen LogP contribution in [-0.2, 0) is 11.2 Å². The molecule has 2 heteroatoms. The van der Waals surface area contributed by atoms with Crippen LogP contribution < -0.4 is 5.32 Å². The maximum atomic E-state index is 6.01. The Hall–Kier alpha value is -0.860. The third-order valence-corrected chi connectivity index (χ3v) is 4.14. The summed E-state index contributed by atoms with van der Waals surface area (Å²) in [4.78, 5) is 0. The zero-order valence-corrected chi connectivity index (χ0v) is 13.0. The van der Waals surface area contributed by atoms with E-state index >= 15 is 0 Å². The molecule has 2 rings (SSSR count). The summed E-state index contributed by atoms with van der Waals surface area (Å²) in [6, 6.07) is 10.9. The maximum Gasteiger partial charge on any atom is 0.0583 e. The fourth-order valence-electron chi connectivity index (χ4n) is 3.10. The number of rotatable bonds is 8. The van der Waals surface area contributed by atoms with Crippen LogP contribution in [0.1, 0.15) is 45.1 Å². The van der Waals surface area contributed by atoms with Crippen molar-refractivity contribution in [3.05, 3.63) is 35.9 Å². The van der Waals surface area contributed by atoms with Gasteiger partial charge in [0.2, 0.25) is 0 Å². The Morgan fingerprint density at radius 2 is 2.05 bits per heavy atom. The highest BCUT2D eigenvalue weighted by molar-refractivity contribution is 5.15. The molecule has 1 aliphatic heterocycles. The molecule has 0 bridgehead atoms. The Kier molecular flexibility index (Phi) is 6.55. The fourth-order valence-corrected chi connectivity index (χ4v) is 3.10. The summed E-state index contributed by atoms with van der Waals surface area (Å²) < 4.78 is 6.01. The first-order valence-electron chi connectivity index (χ1n) is 8.18. The zero-order chi connectivity index (χ0) is 14.2. The van der Waals surface area contributed by atoms with Gasteiger partial charge in [-0.25, -0.2) is 0 Å². The van der Waals surface area contributed by atoms with Crippen molar-refractivity contribution in [2.75, 3.05) is 13.1 Å². The predicted molar refractivity (Wildman–Crippen MR) is 85.0 cm³/mol. The van der Waals surface area contributed by atoms with Crippen molar-refractivity contribution < 1.29 is 4.74 Å². The van der Waals surface area contributed by atoms with E-state index in [1.807, 2.05) is 0 Å². The lowest BCUT2D eigenvalue weighted by Crippen LogP contribution is -2.28. The first kappa shape index (κ1) is 15.5. The molecule has 0 spiro atoms. The lowest BCUT2D eigenvalue weighted by Gasteiger charge is -2.21. The topological polar surface area (TPSA) is 21.3 Å². The van der Waals surface area contributed by atoms with Crippen LogP contribution in [0.3, 0.4) is 0 Å². The summed E-state index contributed by atoms with van der Waals surface area (Å²) >= 11 is 0. The number of hydrogen-bond donors (Lipinski definition) is 1. The molecule has 1 aromatic carbocycles. The Morgan fingerprint density at radius 3 is 2.70 bits per heavy atom. The van der Waals surface area contributed by atoms with Gasteiger partial charge in [-0.15, -0.1) is 0 Å². The molecule has 3 atom stereocenters. The van der Waals surface area contributed by atoms with Crippen molar-refractivity contribution in [1.29, 1.82) is 0 Å². The van der Waals surface area contributed by atoms with E-state index in [2.05, 4.69) is 49.5 Å². The molecule has 0 radical (unpaired) electrons. The second-order valence-electron chi connectivity index (χ2n) is 6.14. The molecule has 0 amide bonds. The van der Waals surface area contributed by atoms with Gasteiger partial charge in [-0.2, -0.15) is 0 Å². The van der Waals surface area contributed by atoms with Crippen LogP contribution in [0, 0.1) is 5.92 Å². The highest BCUT2D eigenvalue weighted by atomic mass is 16.5. The average Bonchev–Trinajstić information content (AvgIpc) is 2.85. The number of hydrogen-bond acceptors (Lipinski definition) is 2. The molecule has 1 fully saturated rings. The summed E-state index contributed by atoms with van der Waals surface area (Å²) in [5.74, 6) is 0.680. The largest absolute Gasteiger partial charge is 0.375 e. The van der Waals surface area contributed by atoms with E-state index in [0.717, 1.165) is 19.5 Å². The third-order valence-electron chi connectivity index (χ3n) is 4.14. The Morgan fingerprint density at radius 1 is 1.25 bits per heavy atom. The van der Waals surface area contributed by atoms with E-state index in [1.165, 1.54) is 31.2 Å². The van der Waals surface area contributed by atoms with Gasteiger partial charge in [0.15, 0.2) is 0 Å². The van der Waals surface area contributed by atoms with Gasteiger partial charge in [0, 0.05) is 0 Å². The Bertz CT molecular complexity index is 365. The number of benzene rings is 1. The van der Waals surface area contributed by atoms with Gasteiger partial charge in [-0.3, -0.25) is 0 Å². The molecule has 3 unspecified atom stereocenters. The van der Waals surface area contributed by atoms with Crippen LogP contribution in [0.5, 0.6) is 0 Å². The highest BCUT2D eigenvalue weighted by Crippen LogP contribution is 2.26. The maximum absolute atomic E-state index is 6.01. The molecule has 1 aliphatic rings. The van der Waals surface area contributed by atoms with Crippen LogP contribution in [0.15, 0.2) is 30.3 Å². The second kappa shape index (κ2) is 8.43. The van der Waals surface area contributed by atoms with Gasteiger partial charge in [-0.05, 0) is 63.6 Å². The minimum Gasteiger partial charge on any atom is -0.375 e. The van der Waals surface area contributed by atoms with Gasteiger partial charge in [0.25, 0.3) is 0 Å². The quantitative estimate of drug-likeness (QED) is 0.729. The monoisotopic (exact) mass is 275 g/mol. The van der Waals surface area contributed by atoms with Crippen molar-refractivity contribution in [2.45, 2.75) is 58.2 Å². The van der Waals surface area contributed by atoms with Crippen molar-refractivity contribution in [3.63, 3.8) is 0 Å². The molecule has 2 nitrogen and oxygen atoms in total.